The van der Waals surface area contributed by atoms with Crippen LogP contribution in [0.25, 0.3) is 0 Å². The highest BCUT2D eigenvalue weighted by atomic mass is 79.9. The average molecular weight is 408 g/mol. The van der Waals surface area contributed by atoms with Gasteiger partial charge in [-0.3, -0.25) is 5.43 Å². The Labute approximate surface area is 152 Å². The summed E-state index contributed by atoms with van der Waals surface area (Å²) in [6.07, 6.45) is 1.52. The zero-order valence-corrected chi connectivity index (χ0v) is 15.1. The fourth-order valence-corrected chi connectivity index (χ4v) is 2.25. The van der Waals surface area contributed by atoms with Gasteiger partial charge in [0.05, 0.1) is 18.9 Å². The summed E-state index contributed by atoms with van der Waals surface area (Å²) in [5.74, 6) is 0.228. The Morgan fingerprint density at radius 3 is 2.75 bits per heavy atom. The molecule has 6 nitrogen and oxygen atoms in total. The predicted octanol–water partition coefficient (Wildman–Crippen LogP) is 2.84. The number of carbonyl (C=O) groups is 1. The molecule has 3 N–H and O–H groups in total. The van der Waals surface area contributed by atoms with Gasteiger partial charge < -0.3 is 15.2 Å². The average Bonchev–Trinajstić information content (AvgIpc) is 2.55. The molecule has 0 aliphatic rings. The summed E-state index contributed by atoms with van der Waals surface area (Å²) in [6, 6.07) is 11.9. The maximum Gasteiger partial charge on any atom is 0.343 e. The molecule has 0 radical (unpaired) electrons. The zero-order chi connectivity index (χ0) is 17.5. The van der Waals surface area contributed by atoms with Crippen molar-refractivity contribution in [2.75, 3.05) is 7.11 Å². The van der Waals surface area contributed by atoms with Crippen molar-refractivity contribution in [1.82, 2.24) is 5.43 Å². The van der Waals surface area contributed by atoms with E-state index in [1.54, 1.807) is 36.4 Å². The molecule has 8 heteroatoms. The number of halogens is 1. The van der Waals surface area contributed by atoms with E-state index in [1.165, 1.54) is 13.3 Å². The molecule has 0 bridgehead atoms. The smallest absolute Gasteiger partial charge is 0.343 e. The molecule has 0 saturated heterocycles. The topological polar surface area (TPSA) is 85.9 Å². The second-order valence-electron chi connectivity index (χ2n) is 4.54. The molecular formula is C16H14BrN3O3S. The van der Waals surface area contributed by atoms with E-state index in [1.807, 2.05) is 6.07 Å². The predicted molar refractivity (Wildman–Crippen MR) is 99.6 cm³/mol. The lowest BCUT2D eigenvalue weighted by Gasteiger charge is -2.10. The van der Waals surface area contributed by atoms with Gasteiger partial charge in [-0.25, -0.2) is 4.79 Å². The Hall–Kier alpha value is -2.45. The molecular weight excluding hydrogens is 394 g/mol. The van der Waals surface area contributed by atoms with Gasteiger partial charge in [-0.15, -0.1) is 0 Å². The van der Waals surface area contributed by atoms with E-state index >= 15 is 0 Å². The number of hydrazone groups is 1. The van der Waals surface area contributed by atoms with Gasteiger partial charge in [0, 0.05) is 4.47 Å². The van der Waals surface area contributed by atoms with Crippen LogP contribution in [0.1, 0.15) is 15.9 Å². The quantitative estimate of drug-likeness (QED) is 0.260. The first-order chi connectivity index (χ1) is 11.5. The number of hydrogen-bond donors (Lipinski definition) is 2. The minimum atomic E-state index is -0.480. The van der Waals surface area contributed by atoms with Gasteiger partial charge >= 0.3 is 5.97 Å². The number of methoxy groups -OCH3 is 1. The monoisotopic (exact) mass is 407 g/mol. The van der Waals surface area contributed by atoms with Gasteiger partial charge in [-0.1, -0.05) is 22.0 Å². The summed E-state index contributed by atoms with van der Waals surface area (Å²) >= 11 is 7.97. The van der Waals surface area contributed by atoms with Gasteiger partial charge in [0.1, 0.15) is 0 Å². The Morgan fingerprint density at radius 2 is 2.08 bits per heavy atom. The lowest BCUT2D eigenvalue weighted by molar-refractivity contribution is 0.0729. The van der Waals surface area contributed by atoms with Crippen LogP contribution >= 0.6 is 28.1 Å². The van der Waals surface area contributed by atoms with E-state index < -0.39 is 5.97 Å². The Bertz CT molecular complexity index is 796. The van der Waals surface area contributed by atoms with E-state index in [2.05, 4.69) is 38.7 Å². The van der Waals surface area contributed by atoms with Crippen molar-refractivity contribution in [2.45, 2.75) is 0 Å². The van der Waals surface area contributed by atoms with Gasteiger partial charge in [0.2, 0.25) is 0 Å². The third-order valence-corrected chi connectivity index (χ3v) is 3.42. The normalized spacial score (nSPS) is 10.4. The molecule has 2 aromatic rings. The third kappa shape index (κ3) is 5.04. The maximum absolute atomic E-state index is 12.2. The maximum atomic E-state index is 12.2. The Kier molecular flexibility index (Phi) is 6.28. The number of nitrogens with two attached hydrogens (primary N) is 1. The number of hydrogen-bond acceptors (Lipinski definition) is 5. The summed E-state index contributed by atoms with van der Waals surface area (Å²) in [6.45, 7) is 0. The van der Waals surface area contributed by atoms with Crippen LogP contribution in [0.15, 0.2) is 52.0 Å². The van der Waals surface area contributed by atoms with Gasteiger partial charge in [0.25, 0.3) is 0 Å². The van der Waals surface area contributed by atoms with Crippen LogP contribution in [0.4, 0.5) is 0 Å². The molecule has 0 atom stereocenters. The zero-order valence-electron chi connectivity index (χ0n) is 12.7. The van der Waals surface area contributed by atoms with Gasteiger partial charge in [-0.05, 0) is 54.2 Å². The summed E-state index contributed by atoms with van der Waals surface area (Å²) in [4.78, 5) is 12.2. The Morgan fingerprint density at radius 1 is 1.29 bits per heavy atom. The molecule has 0 aliphatic carbocycles. The number of ether oxygens (including phenoxy) is 2. The molecule has 0 spiro atoms. The van der Waals surface area contributed by atoms with Crippen LogP contribution in [-0.2, 0) is 0 Å². The minimum absolute atomic E-state index is 0.0674. The molecule has 0 aliphatic heterocycles. The lowest BCUT2D eigenvalue weighted by Crippen LogP contribution is -2.23. The standard InChI is InChI=1S/C16H14BrN3O3S/c1-22-14-7-10(9-19-20-16(18)24)5-6-13(14)23-15(21)11-3-2-4-12(17)8-11/h2-9H,1H3,(H3,18,20,24)/b19-9+. The van der Waals surface area contributed by atoms with E-state index in [0.717, 1.165) is 10.0 Å². The molecule has 0 heterocycles. The van der Waals surface area contributed by atoms with Crippen LogP contribution in [0.3, 0.4) is 0 Å². The molecule has 2 rings (SSSR count). The highest BCUT2D eigenvalue weighted by Gasteiger charge is 2.13. The van der Waals surface area contributed by atoms with Crippen molar-refractivity contribution >= 4 is 45.4 Å². The number of nitrogens with zero attached hydrogens (tertiary/aromatic N) is 1. The largest absolute Gasteiger partial charge is 0.493 e. The number of nitrogens with one attached hydrogen (secondary N) is 1. The SMILES string of the molecule is COc1cc(/C=N/NC(N)=S)ccc1OC(=O)c1cccc(Br)c1. The van der Waals surface area contributed by atoms with Crippen molar-refractivity contribution in [3.63, 3.8) is 0 Å². The molecule has 124 valence electrons. The second-order valence-corrected chi connectivity index (χ2v) is 5.90. The van der Waals surface area contributed by atoms with Gasteiger partial charge in [0.15, 0.2) is 16.6 Å². The molecule has 0 saturated carbocycles. The van der Waals surface area contributed by atoms with E-state index in [-0.39, 0.29) is 5.11 Å². The molecule has 0 aromatic heterocycles. The molecule has 0 fully saturated rings. The second kappa shape index (κ2) is 8.42. The lowest BCUT2D eigenvalue weighted by atomic mass is 10.2. The van der Waals surface area contributed by atoms with Crippen LogP contribution in [0, 0.1) is 0 Å². The summed E-state index contributed by atoms with van der Waals surface area (Å²) in [5.41, 5.74) is 8.88. The number of thiocarbonyl (C=S) groups is 1. The van der Waals surface area contributed by atoms with Crippen molar-refractivity contribution in [1.29, 1.82) is 0 Å². The van der Waals surface area contributed by atoms with E-state index in [4.69, 9.17) is 15.2 Å². The van der Waals surface area contributed by atoms with E-state index in [9.17, 15) is 4.79 Å². The summed E-state index contributed by atoms with van der Waals surface area (Å²) in [5, 5.41) is 3.92. The minimum Gasteiger partial charge on any atom is -0.493 e. The van der Waals surface area contributed by atoms with Crippen LogP contribution in [0.2, 0.25) is 0 Å². The number of rotatable bonds is 5. The van der Waals surface area contributed by atoms with E-state index in [0.29, 0.717) is 17.1 Å². The van der Waals surface area contributed by atoms with Crippen molar-refractivity contribution < 1.29 is 14.3 Å². The molecule has 0 amide bonds. The first-order valence-corrected chi connectivity index (χ1v) is 7.94. The highest BCUT2D eigenvalue weighted by Crippen LogP contribution is 2.28. The fraction of sp³-hybridized carbons (Fsp3) is 0.0625. The molecule has 24 heavy (non-hydrogen) atoms. The van der Waals surface area contributed by atoms with Crippen molar-refractivity contribution in [2.24, 2.45) is 10.8 Å². The van der Waals surface area contributed by atoms with Crippen molar-refractivity contribution in [3.05, 3.63) is 58.1 Å². The summed E-state index contributed by atoms with van der Waals surface area (Å²) in [7, 11) is 1.49. The van der Waals surface area contributed by atoms with Gasteiger partial charge in [-0.2, -0.15) is 5.10 Å². The first-order valence-electron chi connectivity index (χ1n) is 6.74. The van der Waals surface area contributed by atoms with Crippen LogP contribution < -0.4 is 20.6 Å². The Balaban J connectivity index is 2.17. The number of carbonyl (C=O) groups excluding carboxylic acids is 1. The van der Waals surface area contributed by atoms with Crippen LogP contribution in [0.5, 0.6) is 11.5 Å². The van der Waals surface area contributed by atoms with Crippen molar-refractivity contribution in [3.8, 4) is 11.5 Å². The number of esters is 1. The third-order valence-electron chi connectivity index (χ3n) is 2.84. The highest BCUT2D eigenvalue weighted by molar-refractivity contribution is 9.10. The fourth-order valence-electron chi connectivity index (χ4n) is 1.79. The first kappa shape index (κ1) is 17.9. The molecule has 2 aromatic carbocycles. The number of benzene rings is 2. The van der Waals surface area contributed by atoms with Crippen LogP contribution in [-0.4, -0.2) is 24.4 Å². The summed E-state index contributed by atoms with van der Waals surface area (Å²) < 4.78 is 11.4. The molecule has 0 unspecified atom stereocenters.